The van der Waals surface area contributed by atoms with Crippen LogP contribution >= 0.6 is 23.8 Å². The van der Waals surface area contributed by atoms with Gasteiger partial charge >= 0.3 is 0 Å². The average molecular weight is 487 g/mol. The molecular formula is C25H31ClN4O2S. The minimum absolute atomic E-state index is 0.0687. The lowest BCUT2D eigenvalue weighted by atomic mass is 9.94. The zero-order valence-corrected chi connectivity index (χ0v) is 20.9. The number of anilines is 1. The van der Waals surface area contributed by atoms with Gasteiger partial charge in [0.2, 0.25) is 0 Å². The maximum Gasteiger partial charge on any atom is 0.251 e. The highest BCUT2D eigenvalue weighted by molar-refractivity contribution is 7.79. The molecule has 1 amide bonds. The van der Waals surface area contributed by atoms with Gasteiger partial charge in [0, 0.05) is 31.4 Å². The number of likely N-dealkylation sites (N-methyl/N-ethyl adjacent to an activating group) is 1. The topological polar surface area (TPSA) is 70.8 Å². The standard InChI is InChI=1S/C25H31ClN4O2S/c1-25(2,24(32)30(17-33)22-5-4-19(15-27)23(26)14-22)28(3)20-6-8-21(9-7-20)29-12-10-18(16-31)11-13-29/h4-6,8-9,14,17-18,20,31H,7,10-13,16H2,1-3H3. The Morgan fingerprint density at radius 2 is 2.09 bits per heavy atom. The Morgan fingerprint density at radius 3 is 2.61 bits per heavy atom. The van der Waals surface area contributed by atoms with Crippen molar-refractivity contribution in [3.8, 4) is 6.07 Å². The summed E-state index contributed by atoms with van der Waals surface area (Å²) in [5, 5.41) is 18.8. The van der Waals surface area contributed by atoms with Gasteiger partial charge in [0.1, 0.15) is 6.07 Å². The Bertz CT molecular complexity index is 993. The van der Waals surface area contributed by atoms with E-state index in [1.165, 1.54) is 16.1 Å². The summed E-state index contributed by atoms with van der Waals surface area (Å²) in [5.74, 6) is 0.241. The number of halogens is 1. The Morgan fingerprint density at radius 1 is 1.39 bits per heavy atom. The number of nitrogens with zero attached hydrogens (tertiary/aromatic N) is 4. The Balaban J connectivity index is 1.69. The summed E-state index contributed by atoms with van der Waals surface area (Å²) in [7, 11) is 1.95. The molecule has 1 aliphatic heterocycles. The second-order valence-corrected chi connectivity index (χ2v) is 9.75. The number of hydrogen-bond acceptors (Lipinski definition) is 6. The number of hydrogen-bond donors (Lipinski definition) is 1. The molecular weight excluding hydrogens is 456 g/mol. The fourth-order valence-corrected chi connectivity index (χ4v) is 4.76. The molecule has 0 bridgehead atoms. The third-order valence-electron chi connectivity index (χ3n) is 6.87. The van der Waals surface area contributed by atoms with Crippen LogP contribution in [0.3, 0.4) is 0 Å². The summed E-state index contributed by atoms with van der Waals surface area (Å²) in [6.45, 7) is 5.97. The van der Waals surface area contributed by atoms with E-state index in [4.69, 9.17) is 29.1 Å². The van der Waals surface area contributed by atoms with Crippen LogP contribution in [0.25, 0.3) is 0 Å². The molecule has 1 aromatic carbocycles. The van der Waals surface area contributed by atoms with Crippen LogP contribution in [0.15, 0.2) is 42.1 Å². The van der Waals surface area contributed by atoms with E-state index < -0.39 is 5.54 Å². The molecule has 1 aromatic rings. The normalized spacial score (nSPS) is 19.2. The largest absolute Gasteiger partial charge is 0.396 e. The maximum absolute atomic E-state index is 13.5. The number of piperidine rings is 1. The van der Waals surface area contributed by atoms with Gasteiger partial charge < -0.3 is 10.0 Å². The van der Waals surface area contributed by atoms with E-state index in [9.17, 15) is 9.90 Å². The number of aliphatic hydroxyl groups excluding tert-OH is 1. The fraction of sp³-hybridized carbons (Fsp3) is 0.480. The summed E-state index contributed by atoms with van der Waals surface area (Å²) in [4.78, 5) is 19.4. The molecule has 0 spiro atoms. The molecule has 1 fully saturated rings. The first kappa shape index (κ1) is 25.4. The molecule has 1 atom stereocenters. The number of thiocarbonyl (C=S) groups is 1. The number of rotatable bonds is 7. The van der Waals surface area contributed by atoms with Crippen LogP contribution < -0.4 is 4.90 Å². The van der Waals surface area contributed by atoms with Crippen LogP contribution in [0.4, 0.5) is 5.69 Å². The van der Waals surface area contributed by atoms with E-state index >= 15 is 0 Å². The molecule has 1 aliphatic carbocycles. The van der Waals surface area contributed by atoms with E-state index in [1.807, 2.05) is 27.0 Å². The minimum Gasteiger partial charge on any atom is -0.396 e. The number of carbonyl (C=O) groups excluding carboxylic acids is 1. The van der Waals surface area contributed by atoms with Crippen molar-refractivity contribution in [2.75, 3.05) is 31.6 Å². The maximum atomic E-state index is 13.5. The minimum atomic E-state index is -0.838. The summed E-state index contributed by atoms with van der Waals surface area (Å²) in [5.41, 5.74) is 2.58. The number of amides is 1. The van der Waals surface area contributed by atoms with Gasteiger partial charge in [-0.1, -0.05) is 36.0 Å². The monoisotopic (exact) mass is 486 g/mol. The van der Waals surface area contributed by atoms with Crippen molar-refractivity contribution in [2.24, 2.45) is 5.92 Å². The molecule has 1 unspecified atom stereocenters. The second kappa shape index (κ2) is 10.8. The van der Waals surface area contributed by atoms with Crippen molar-refractivity contribution in [1.82, 2.24) is 9.80 Å². The van der Waals surface area contributed by atoms with Gasteiger partial charge in [-0.25, -0.2) is 0 Å². The molecule has 8 heteroatoms. The van der Waals surface area contributed by atoms with E-state index in [0.717, 1.165) is 32.4 Å². The molecule has 1 heterocycles. The number of aliphatic hydroxyl groups is 1. The van der Waals surface area contributed by atoms with E-state index in [2.05, 4.69) is 28.0 Å². The van der Waals surface area contributed by atoms with E-state index in [0.29, 0.717) is 17.2 Å². The quantitative estimate of drug-likeness (QED) is 0.584. The predicted molar refractivity (Wildman–Crippen MR) is 136 cm³/mol. The zero-order valence-electron chi connectivity index (χ0n) is 19.4. The molecule has 0 aromatic heterocycles. The van der Waals surface area contributed by atoms with Gasteiger partial charge in [0.25, 0.3) is 5.91 Å². The first-order valence-corrected chi connectivity index (χ1v) is 12.0. The number of nitriles is 1. The van der Waals surface area contributed by atoms with E-state index in [1.54, 1.807) is 18.2 Å². The SMILES string of the molecule is CN(C1C=CC(N2CCC(CO)CC2)=CC1)C(C)(C)C(=O)N(C=S)c1ccc(C#N)c(Cl)c1. The summed E-state index contributed by atoms with van der Waals surface area (Å²) in [6, 6.07) is 6.95. The Kier molecular flexibility index (Phi) is 8.30. The number of likely N-dealkylation sites (tertiary alicyclic amines) is 1. The molecule has 176 valence electrons. The Labute approximate surface area is 206 Å². The highest BCUT2D eigenvalue weighted by atomic mass is 35.5. The summed E-state index contributed by atoms with van der Waals surface area (Å²) >= 11 is 11.3. The fourth-order valence-electron chi connectivity index (χ4n) is 4.32. The number of allylic oxidation sites excluding steroid dienone is 1. The van der Waals surface area contributed by atoms with Gasteiger partial charge in [-0.3, -0.25) is 14.6 Å². The molecule has 33 heavy (non-hydrogen) atoms. The summed E-state index contributed by atoms with van der Waals surface area (Å²) in [6.07, 6.45) is 9.36. The van der Waals surface area contributed by atoms with Crippen LogP contribution in [0.2, 0.25) is 5.02 Å². The smallest absolute Gasteiger partial charge is 0.251 e. The highest BCUT2D eigenvalue weighted by Gasteiger charge is 2.39. The van der Waals surface area contributed by atoms with Gasteiger partial charge in [-0.05, 0) is 70.4 Å². The molecule has 1 saturated heterocycles. The van der Waals surface area contributed by atoms with Crippen molar-refractivity contribution in [3.63, 3.8) is 0 Å². The van der Waals surface area contributed by atoms with Crippen molar-refractivity contribution >= 4 is 40.9 Å². The third-order valence-corrected chi connectivity index (χ3v) is 7.40. The average Bonchev–Trinajstić information content (AvgIpc) is 2.84. The van der Waals surface area contributed by atoms with Crippen LogP contribution in [-0.4, -0.2) is 64.6 Å². The number of carbonyl (C=O) groups is 1. The highest BCUT2D eigenvalue weighted by Crippen LogP contribution is 2.30. The number of benzene rings is 1. The molecule has 2 aliphatic rings. The second-order valence-electron chi connectivity index (χ2n) is 9.13. The van der Waals surface area contributed by atoms with Gasteiger partial charge in [0.05, 0.1) is 27.3 Å². The van der Waals surface area contributed by atoms with Crippen LogP contribution in [0, 0.1) is 17.2 Å². The lowest BCUT2D eigenvalue weighted by Gasteiger charge is -2.42. The third kappa shape index (κ3) is 5.47. The van der Waals surface area contributed by atoms with Crippen LogP contribution in [-0.2, 0) is 4.79 Å². The molecule has 0 saturated carbocycles. The van der Waals surface area contributed by atoms with Gasteiger partial charge in [0.15, 0.2) is 0 Å². The van der Waals surface area contributed by atoms with Gasteiger partial charge in [-0.15, -0.1) is 0 Å². The van der Waals surface area contributed by atoms with Crippen molar-refractivity contribution in [1.29, 1.82) is 5.26 Å². The van der Waals surface area contributed by atoms with Gasteiger partial charge in [-0.2, -0.15) is 5.26 Å². The first-order chi connectivity index (χ1) is 15.7. The lowest BCUT2D eigenvalue weighted by molar-refractivity contribution is -0.127. The molecule has 1 N–H and O–H groups in total. The zero-order chi connectivity index (χ0) is 24.2. The Hall–Kier alpha value is -2.24. The first-order valence-electron chi connectivity index (χ1n) is 11.2. The van der Waals surface area contributed by atoms with Crippen LogP contribution in [0.1, 0.15) is 38.7 Å². The lowest BCUT2D eigenvalue weighted by Crippen LogP contribution is -2.57. The predicted octanol–water partition coefficient (Wildman–Crippen LogP) is 4.13. The van der Waals surface area contributed by atoms with E-state index in [-0.39, 0.29) is 23.6 Å². The molecule has 0 radical (unpaired) electrons. The van der Waals surface area contributed by atoms with Crippen molar-refractivity contribution < 1.29 is 9.90 Å². The molecule has 3 rings (SSSR count). The van der Waals surface area contributed by atoms with Crippen molar-refractivity contribution in [3.05, 3.63) is 52.7 Å². The molecule has 6 nitrogen and oxygen atoms in total. The van der Waals surface area contributed by atoms with Crippen LogP contribution in [0.5, 0.6) is 0 Å². The van der Waals surface area contributed by atoms with Crippen molar-refractivity contribution in [2.45, 2.75) is 44.7 Å². The summed E-state index contributed by atoms with van der Waals surface area (Å²) < 4.78 is 0.